The van der Waals surface area contributed by atoms with Gasteiger partial charge in [0.25, 0.3) is 0 Å². The van der Waals surface area contributed by atoms with E-state index in [0.29, 0.717) is 11.5 Å². The zero-order valence-corrected chi connectivity index (χ0v) is 14.1. The van der Waals surface area contributed by atoms with Gasteiger partial charge in [0.2, 0.25) is 0 Å². The molecule has 0 radical (unpaired) electrons. The number of piperidine rings is 1. The lowest BCUT2D eigenvalue weighted by molar-refractivity contribution is 0.233. The monoisotopic (exact) mass is 314 g/mol. The fourth-order valence-electron chi connectivity index (χ4n) is 4.15. The average molecular weight is 314 g/mol. The van der Waals surface area contributed by atoms with Gasteiger partial charge in [0.05, 0.1) is 0 Å². The molecule has 4 heteroatoms. The number of nitrogens with zero attached hydrogens (tertiary/aromatic N) is 1. The summed E-state index contributed by atoms with van der Waals surface area (Å²) in [5.41, 5.74) is 3.44. The quantitative estimate of drug-likeness (QED) is 0.767. The third-order valence-corrected chi connectivity index (χ3v) is 5.91. The zero-order chi connectivity index (χ0) is 15.5. The Hall–Kier alpha value is -0.940. The lowest BCUT2D eigenvalue weighted by Gasteiger charge is -2.33. The molecule has 23 heavy (non-hydrogen) atoms. The fourth-order valence-corrected chi connectivity index (χ4v) is 4.15. The second-order valence-corrected chi connectivity index (χ2v) is 7.60. The lowest BCUT2D eigenvalue weighted by atomic mass is 9.90. The summed E-state index contributed by atoms with van der Waals surface area (Å²) in [5, 5.41) is 10.8. The molecule has 2 saturated heterocycles. The first-order valence-electron chi connectivity index (χ1n) is 9.29. The van der Waals surface area contributed by atoms with Gasteiger partial charge in [-0.25, -0.2) is 0 Å². The number of hydrogen-bond acceptors (Lipinski definition) is 4. The van der Waals surface area contributed by atoms with E-state index in [1.807, 2.05) is 0 Å². The highest BCUT2D eigenvalue weighted by Crippen LogP contribution is 2.50. The smallest absolute Gasteiger partial charge is 0.0234 e. The van der Waals surface area contributed by atoms with E-state index < -0.39 is 0 Å². The van der Waals surface area contributed by atoms with E-state index in [2.05, 4.69) is 45.1 Å². The molecule has 3 N–H and O–H groups in total. The van der Waals surface area contributed by atoms with Crippen LogP contribution in [0.25, 0.3) is 0 Å². The molecule has 1 unspecified atom stereocenters. The average Bonchev–Trinajstić information content (AvgIpc) is 3.37. The predicted octanol–water partition coefficient (Wildman–Crippen LogP) is 1.32. The largest absolute Gasteiger partial charge is 0.316 e. The summed E-state index contributed by atoms with van der Waals surface area (Å²) in [6.07, 6.45) is 4.09. The van der Waals surface area contributed by atoms with Crippen LogP contribution in [0.2, 0.25) is 0 Å². The van der Waals surface area contributed by atoms with Crippen LogP contribution in [0.4, 0.5) is 0 Å². The van der Waals surface area contributed by atoms with Gasteiger partial charge in [-0.2, -0.15) is 0 Å². The molecule has 0 amide bonds. The highest BCUT2D eigenvalue weighted by Gasteiger charge is 2.49. The molecule has 2 aliphatic heterocycles. The maximum atomic E-state index is 3.83. The molecule has 1 atom stereocenters. The summed E-state index contributed by atoms with van der Waals surface area (Å²) in [6, 6.07) is 9.96. The van der Waals surface area contributed by atoms with Crippen LogP contribution in [-0.2, 0) is 13.1 Å². The number of piperazine rings is 1. The summed E-state index contributed by atoms with van der Waals surface area (Å²) in [7, 11) is 0. The Morgan fingerprint density at radius 3 is 2.48 bits per heavy atom. The molecule has 4 nitrogen and oxygen atoms in total. The Morgan fingerprint density at radius 2 is 1.74 bits per heavy atom. The van der Waals surface area contributed by atoms with Crippen LogP contribution >= 0.6 is 0 Å². The van der Waals surface area contributed by atoms with Crippen molar-refractivity contribution in [1.82, 2.24) is 20.9 Å². The van der Waals surface area contributed by atoms with E-state index in [-0.39, 0.29) is 0 Å². The highest BCUT2D eigenvalue weighted by atomic mass is 15.2. The third kappa shape index (κ3) is 3.77. The summed E-state index contributed by atoms with van der Waals surface area (Å²) >= 11 is 0. The molecule has 1 aromatic rings. The van der Waals surface area contributed by atoms with E-state index >= 15 is 0 Å². The van der Waals surface area contributed by atoms with Crippen molar-refractivity contribution in [1.29, 1.82) is 0 Å². The second kappa shape index (κ2) is 6.89. The number of nitrogens with one attached hydrogen (secondary N) is 3. The third-order valence-electron chi connectivity index (χ3n) is 5.91. The van der Waals surface area contributed by atoms with Gasteiger partial charge in [-0.15, -0.1) is 0 Å². The van der Waals surface area contributed by atoms with Crippen LogP contribution in [-0.4, -0.2) is 50.2 Å². The molecule has 2 heterocycles. The van der Waals surface area contributed by atoms with Gasteiger partial charge in [0, 0.05) is 51.9 Å². The van der Waals surface area contributed by atoms with Gasteiger partial charge in [0.1, 0.15) is 0 Å². The standard InChI is InChI=1S/C19H30N4/c1-3-17(14-23-11-9-20-10-12-23)4-2-16(1)13-22-18-5-8-21-15-19(18)6-7-19/h1-4,18,20-22H,5-15H2. The molecule has 4 rings (SSSR count). The highest BCUT2D eigenvalue weighted by molar-refractivity contribution is 5.23. The van der Waals surface area contributed by atoms with Gasteiger partial charge in [-0.05, 0) is 42.3 Å². The topological polar surface area (TPSA) is 39.3 Å². The van der Waals surface area contributed by atoms with Gasteiger partial charge in [-0.3, -0.25) is 4.90 Å². The summed E-state index contributed by atoms with van der Waals surface area (Å²) in [5.74, 6) is 0. The molecular formula is C19H30N4. The Bertz CT molecular complexity index is 503. The molecule has 3 aliphatic rings. The SMILES string of the molecule is c1cc(CN2CCNCC2)ccc1CNC1CCNCC12CC2. The van der Waals surface area contributed by atoms with Crippen LogP contribution in [0.3, 0.4) is 0 Å². The summed E-state index contributed by atoms with van der Waals surface area (Å²) < 4.78 is 0. The van der Waals surface area contributed by atoms with E-state index in [1.165, 1.54) is 56.6 Å². The molecule has 1 aliphatic carbocycles. The van der Waals surface area contributed by atoms with E-state index in [1.54, 1.807) is 0 Å². The maximum absolute atomic E-state index is 3.83. The van der Waals surface area contributed by atoms with E-state index in [0.717, 1.165) is 26.2 Å². The summed E-state index contributed by atoms with van der Waals surface area (Å²) in [4.78, 5) is 2.54. The molecule has 1 spiro atoms. The Labute approximate surface area is 140 Å². The first-order chi connectivity index (χ1) is 11.3. The van der Waals surface area contributed by atoms with Crippen molar-refractivity contribution in [2.75, 3.05) is 39.3 Å². The van der Waals surface area contributed by atoms with Crippen LogP contribution < -0.4 is 16.0 Å². The van der Waals surface area contributed by atoms with Gasteiger partial charge in [-0.1, -0.05) is 24.3 Å². The molecule has 126 valence electrons. The zero-order valence-electron chi connectivity index (χ0n) is 14.1. The van der Waals surface area contributed by atoms with Gasteiger partial charge < -0.3 is 16.0 Å². The van der Waals surface area contributed by atoms with Crippen molar-refractivity contribution >= 4 is 0 Å². The molecule has 1 saturated carbocycles. The number of rotatable bonds is 5. The second-order valence-electron chi connectivity index (χ2n) is 7.60. The van der Waals surface area contributed by atoms with Crippen LogP contribution in [0, 0.1) is 5.41 Å². The molecule has 1 aromatic carbocycles. The molecular weight excluding hydrogens is 284 g/mol. The van der Waals surface area contributed by atoms with Crippen LogP contribution in [0.5, 0.6) is 0 Å². The van der Waals surface area contributed by atoms with Crippen molar-refractivity contribution < 1.29 is 0 Å². The van der Waals surface area contributed by atoms with Crippen molar-refractivity contribution in [3.8, 4) is 0 Å². The summed E-state index contributed by atoms with van der Waals surface area (Å²) in [6.45, 7) is 9.08. The van der Waals surface area contributed by atoms with E-state index in [9.17, 15) is 0 Å². The lowest BCUT2D eigenvalue weighted by Crippen LogP contribution is -2.48. The first-order valence-corrected chi connectivity index (χ1v) is 9.29. The molecule has 0 aromatic heterocycles. The van der Waals surface area contributed by atoms with Crippen molar-refractivity contribution in [3.63, 3.8) is 0 Å². The van der Waals surface area contributed by atoms with Crippen molar-refractivity contribution in [2.24, 2.45) is 5.41 Å². The Balaban J connectivity index is 1.28. The van der Waals surface area contributed by atoms with Crippen LogP contribution in [0.1, 0.15) is 30.4 Å². The Morgan fingerprint density at radius 1 is 1.00 bits per heavy atom. The van der Waals surface area contributed by atoms with Crippen molar-refractivity contribution in [2.45, 2.75) is 38.4 Å². The minimum atomic E-state index is 0.584. The van der Waals surface area contributed by atoms with Crippen LogP contribution in [0.15, 0.2) is 24.3 Å². The van der Waals surface area contributed by atoms with Gasteiger partial charge in [0.15, 0.2) is 0 Å². The first kappa shape index (κ1) is 15.6. The predicted molar refractivity (Wildman–Crippen MR) is 94.4 cm³/mol. The van der Waals surface area contributed by atoms with E-state index in [4.69, 9.17) is 0 Å². The normalized spacial score (nSPS) is 27.2. The molecule has 3 fully saturated rings. The number of benzene rings is 1. The number of hydrogen-bond donors (Lipinski definition) is 3. The molecule has 0 bridgehead atoms. The van der Waals surface area contributed by atoms with Crippen molar-refractivity contribution in [3.05, 3.63) is 35.4 Å². The minimum Gasteiger partial charge on any atom is -0.316 e. The maximum Gasteiger partial charge on any atom is 0.0234 e. The minimum absolute atomic E-state index is 0.584. The Kier molecular flexibility index (Phi) is 4.67. The fraction of sp³-hybridized carbons (Fsp3) is 0.684. The van der Waals surface area contributed by atoms with Gasteiger partial charge >= 0.3 is 0 Å².